The summed E-state index contributed by atoms with van der Waals surface area (Å²) in [6.45, 7) is 15.5. The van der Waals surface area contributed by atoms with Gasteiger partial charge < -0.3 is 9.64 Å². The zero-order valence-electron chi connectivity index (χ0n) is 23.9. The molecule has 0 radical (unpaired) electrons. The first-order valence-corrected chi connectivity index (χ1v) is 15.2. The van der Waals surface area contributed by atoms with Gasteiger partial charge in [0.1, 0.15) is 0 Å². The van der Waals surface area contributed by atoms with Crippen LogP contribution in [-0.2, 0) is 9.53 Å². The zero-order chi connectivity index (χ0) is 27.4. The van der Waals surface area contributed by atoms with E-state index < -0.39 is 0 Å². The van der Waals surface area contributed by atoms with Gasteiger partial charge in [0.15, 0.2) is 5.17 Å². The van der Waals surface area contributed by atoms with Crippen molar-refractivity contribution in [2.24, 2.45) is 4.99 Å². The second kappa shape index (κ2) is 12.3. The molecule has 6 nitrogen and oxygen atoms in total. The molecular weight excluding hydrogens is 504 g/mol. The van der Waals surface area contributed by atoms with Crippen LogP contribution < -0.4 is 4.90 Å². The molecule has 1 unspecified atom stereocenters. The van der Waals surface area contributed by atoms with Gasteiger partial charge in [0.05, 0.1) is 23.8 Å². The Balaban J connectivity index is 1.39. The van der Waals surface area contributed by atoms with Crippen molar-refractivity contribution in [3.63, 3.8) is 0 Å². The summed E-state index contributed by atoms with van der Waals surface area (Å²) >= 11 is 1.49. The number of carbonyl (C=O) groups excluding carboxylic acids is 1. The van der Waals surface area contributed by atoms with Crippen LogP contribution in [0.4, 0.5) is 11.4 Å². The van der Waals surface area contributed by atoms with E-state index in [4.69, 9.17) is 9.73 Å². The quantitative estimate of drug-likeness (QED) is 0.353. The van der Waals surface area contributed by atoms with Crippen molar-refractivity contribution >= 4 is 40.3 Å². The van der Waals surface area contributed by atoms with Crippen LogP contribution in [0.1, 0.15) is 64.0 Å². The number of morpholine rings is 1. The van der Waals surface area contributed by atoms with Crippen LogP contribution in [0.5, 0.6) is 0 Å². The largest absolute Gasteiger partial charge is 0.379 e. The summed E-state index contributed by atoms with van der Waals surface area (Å²) in [5.41, 5.74) is 4.82. The van der Waals surface area contributed by atoms with E-state index in [1.807, 2.05) is 35.2 Å². The SMILES string of the molecule is CCCN1c2ccc(/C=C3/SC(=Nc4ccccc4)N(CCCN4CCOCC4)C3=O)cc2C(C)CC1(C)C. The highest BCUT2D eigenvalue weighted by Crippen LogP contribution is 2.44. The maximum atomic E-state index is 13.7. The Kier molecular flexibility index (Phi) is 8.79. The molecule has 0 aromatic heterocycles. The van der Waals surface area contributed by atoms with Crippen molar-refractivity contribution in [3.05, 3.63) is 64.6 Å². The number of rotatable bonds is 8. The van der Waals surface area contributed by atoms with E-state index in [1.54, 1.807) is 0 Å². The lowest BCUT2D eigenvalue weighted by Gasteiger charge is -2.47. The topological polar surface area (TPSA) is 48.4 Å². The van der Waals surface area contributed by atoms with E-state index in [9.17, 15) is 4.79 Å². The lowest BCUT2D eigenvalue weighted by molar-refractivity contribution is -0.122. The second-order valence-corrected chi connectivity index (χ2v) is 12.5. The number of nitrogens with zero attached hydrogens (tertiary/aromatic N) is 4. The lowest BCUT2D eigenvalue weighted by atomic mass is 9.79. The van der Waals surface area contributed by atoms with Crippen LogP contribution in [0.2, 0.25) is 0 Å². The average Bonchev–Trinajstić information content (AvgIpc) is 3.21. The molecule has 0 aliphatic carbocycles. The number of ether oxygens (including phenoxy) is 1. The van der Waals surface area contributed by atoms with Crippen molar-refractivity contribution in [3.8, 4) is 0 Å². The second-order valence-electron chi connectivity index (χ2n) is 11.5. The highest BCUT2D eigenvalue weighted by atomic mass is 32.2. The minimum atomic E-state index is 0.0520. The van der Waals surface area contributed by atoms with Crippen molar-refractivity contribution in [1.82, 2.24) is 9.80 Å². The standard InChI is InChI=1S/C32H42N4O2S/c1-5-14-36-28-13-12-25(21-27(28)24(2)23-32(36,3)4)22-29-30(37)35(16-9-15-34-17-19-38-20-18-34)31(39-29)33-26-10-7-6-8-11-26/h6-8,10-13,21-22,24H,5,9,14-20,23H2,1-4H3/b29-22+,33-31?. The van der Waals surface area contributed by atoms with Gasteiger partial charge in [0, 0.05) is 44.0 Å². The fourth-order valence-corrected chi connectivity index (χ4v) is 7.10. The average molecular weight is 547 g/mol. The first-order chi connectivity index (χ1) is 18.9. The molecule has 2 aromatic carbocycles. The molecular formula is C32H42N4O2S. The number of amides is 1. The molecule has 3 heterocycles. The summed E-state index contributed by atoms with van der Waals surface area (Å²) in [4.78, 5) is 26.2. The third-order valence-corrected chi connectivity index (χ3v) is 8.99. The van der Waals surface area contributed by atoms with Crippen molar-refractivity contribution in [2.45, 2.75) is 58.4 Å². The summed E-state index contributed by atoms with van der Waals surface area (Å²) in [6.07, 6.45) is 5.22. The molecule has 0 bridgehead atoms. The van der Waals surface area contributed by atoms with Crippen LogP contribution in [0.25, 0.3) is 6.08 Å². The Morgan fingerprint density at radius 3 is 2.59 bits per heavy atom. The van der Waals surface area contributed by atoms with Crippen LogP contribution in [0.3, 0.4) is 0 Å². The van der Waals surface area contributed by atoms with Gasteiger partial charge in [-0.25, -0.2) is 4.99 Å². The predicted octanol–water partition coefficient (Wildman–Crippen LogP) is 6.52. The van der Waals surface area contributed by atoms with Gasteiger partial charge in [-0.05, 0) is 92.3 Å². The van der Waals surface area contributed by atoms with Crippen molar-refractivity contribution in [1.29, 1.82) is 0 Å². The van der Waals surface area contributed by atoms with Crippen LogP contribution >= 0.6 is 11.8 Å². The number of thioether (sulfide) groups is 1. The van der Waals surface area contributed by atoms with Gasteiger partial charge in [0.2, 0.25) is 0 Å². The number of fused-ring (bicyclic) bond motifs is 1. The number of benzene rings is 2. The molecule has 5 rings (SSSR count). The Labute approximate surface area is 238 Å². The molecule has 2 fully saturated rings. The van der Waals surface area contributed by atoms with E-state index in [-0.39, 0.29) is 11.4 Å². The van der Waals surface area contributed by atoms with Crippen LogP contribution in [-0.4, -0.2) is 72.4 Å². The van der Waals surface area contributed by atoms with Crippen LogP contribution in [0, 0.1) is 0 Å². The summed E-state index contributed by atoms with van der Waals surface area (Å²) in [5.74, 6) is 0.524. The fraction of sp³-hybridized carbons (Fsp3) is 0.500. The van der Waals surface area contributed by atoms with Gasteiger partial charge in [-0.3, -0.25) is 14.6 Å². The van der Waals surface area contributed by atoms with Gasteiger partial charge in [-0.2, -0.15) is 0 Å². The first kappa shape index (κ1) is 27.9. The van der Waals surface area contributed by atoms with Gasteiger partial charge in [-0.1, -0.05) is 38.1 Å². The van der Waals surface area contributed by atoms with Gasteiger partial charge in [-0.15, -0.1) is 0 Å². The minimum Gasteiger partial charge on any atom is -0.379 e. The summed E-state index contributed by atoms with van der Waals surface area (Å²) in [5, 5.41) is 0.765. The lowest BCUT2D eigenvalue weighted by Crippen LogP contribution is -2.48. The van der Waals surface area contributed by atoms with E-state index >= 15 is 0 Å². The summed E-state index contributed by atoms with van der Waals surface area (Å²) in [6, 6.07) is 16.7. The normalized spacial score (nSPS) is 23.6. The molecule has 1 atom stereocenters. The number of aliphatic imine (C=N–C) groups is 1. The van der Waals surface area contributed by atoms with E-state index in [0.29, 0.717) is 12.5 Å². The molecule has 7 heteroatoms. The number of anilines is 1. The van der Waals surface area contributed by atoms with Gasteiger partial charge in [0.25, 0.3) is 5.91 Å². The smallest absolute Gasteiger partial charge is 0.266 e. The minimum absolute atomic E-state index is 0.0520. The highest BCUT2D eigenvalue weighted by molar-refractivity contribution is 8.18. The maximum Gasteiger partial charge on any atom is 0.266 e. The summed E-state index contributed by atoms with van der Waals surface area (Å²) < 4.78 is 5.48. The highest BCUT2D eigenvalue weighted by Gasteiger charge is 2.36. The predicted molar refractivity (Wildman–Crippen MR) is 164 cm³/mol. The van der Waals surface area contributed by atoms with Crippen molar-refractivity contribution < 1.29 is 9.53 Å². The molecule has 3 aliphatic rings. The third kappa shape index (κ3) is 6.42. The van der Waals surface area contributed by atoms with Gasteiger partial charge >= 0.3 is 0 Å². The van der Waals surface area contributed by atoms with E-state index in [1.165, 1.54) is 23.0 Å². The molecule has 208 valence electrons. The molecule has 2 saturated heterocycles. The molecule has 39 heavy (non-hydrogen) atoms. The van der Waals surface area contributed by atoms with E-state index in [0.717, 1.165) is 80.0 Å². The van der Waals surface area contributed by atoms with Crippen LogP contribution in [0.15, 0.2) is 58.4 Å². The third-order valence-electron chi connectivity index (χ3n) is 7.98. The monoisotopic (exact) mass is 546 g/mol. The summed E-state index contributed by atoms with van der Waals surface area (Å²) in [7, 11) is 0. The number of para-hydroxylation sites is 1. The first-order valence-electron chi connectivity index (χ1n) is 14.4. The fourth-order valence-electron chi connectivity index (χ4n) is 6.08. The number of amidine groups is 1. The molecule has 3 aliphatic heterocycles. The Bertz CT molecular complexity index is 1220. The van der Waals surface area contributed by atoms with Crippen molar-refractivity contribution in [2.75, 3.05) is 50.8 Å². The Hall–Kier alpha value is -2.61. The zero-order valence-corrected chi connectivity index (χ0v) is 24.7. The molecule has 0 saturated carbocycles. The number of hydrogen-bond acceptors (Lipinski definition) is 6. The van der Waals surface area contributed by atoms with E-state index in [2.05, 4.69) is 61.8 Å². The number of hydrogen-bond donors (Lipinski definition) is 0. The maximum absolute atomic E-state index is 13.7. The Morgan fingerprint density at radius 1 is 1.08 bits per heavy atom. The molecule has 0 N–H and O–H groups in total. The molecule has 0 spiro atoms. The molecule has 2 aromatic rings. The Morgan fingerprint density at radius 2 is 1.85 bits per heavy atom. The number of carbonyl (C=O) groups is 1. The molecule has 1 amide bonds.